The van der Waals surface area contributed by atoms with Crippen molar-refractivity contribution < 1.29 is 9.90 Å². The van der Waals surface area contributed by atoms with Gasteiger partial charge in [-0.25, -0.2) is 0 Å². The first-order valence-electron chi connectivity index (χ1n) is 6.29. The number of amides is 1. The van der Waals surface area contributed by atoms with E-state index >= 15 is 0 Å². The lowest BCUT2D eigenvalue weighted by Gasteiger charge is -2.24. The average Bonchev–Trinajstić information content (AvgIpc) is 2.42. The van der Waals surface area contributed by atoms with Gasteiger partial charge in [-0.15, -0.1) is 0 Å². The fourth-order valence-corrected chi connectivity index (χ4v) is 1.87. The van der Waals surface area contributed by atoms with Crippen LogP contribution >= 0.6 is 0 Å². The molecule has 5 nitrogen and oxygen atoms in total. The van der Waals surface area contributed by atoms with Crippen molar-refractivity contribution in [2.45, 2.75) is 26.4 Å². The van der Waals surface area contributed by atoms with Crippen molar-refractivity contribution >= 4 is 11.6 Å². The molecule has 1 rings (SSSR count). The number of carbonyl (C=O) groups is 1. The van der Waals surface area contributed by atoms with Crippen LogP contribution in [0, 0.1) is 11.3 Å². The Hall–Kier alpha value is -2.06. The molecular weight excluding hydrogens is 242 g/mol. The molecule has 3 N–H and O–H groups in total. The summed E-state index contributed by atoms with van der Waals surface area (Å²) in [5.41, 5.74) is 7.06. The predicted molar refractivity (Wildman–Crippen MR) is 73.4 cm³/mol. The number of anilines is 1. The maximum Gasteiger partial charge on any atom is 0.236 e. The van der Waals surface area contributed by atoms with Crippen molar-refractivity contribution in [1.29, 1.82) is 5.26 Å². The number of nitriles is 1. The Morgan fingerprint density at radius 2 is 2.26 bits per heavy atom. The molecule has 0 aromatic heterocycles. The number of benzene rings is 1. The van der Waals surface area contributed by atoms with E-state index in [0.29, 0.717) is 23.4 Å². The Balaban J connectivity index is 3.06. The zero-order valence-corrected chi connectivity index (χ0v) is 11.1. The SMILES string of the molecule is CCCCN(CC(N)=O)c1ccc(CO)cc1C#N. The number of hydrogen-bond donors (Lipinski definition) is 2. The molecule has 0 unspecified atom stereocenters. The van der Waals surface area contributed by atoms with Gasteiger partial charge in [0.1, 0.15) is 6.07 Å². The van der Waals surface area contributed by atoms with Gasteiger partial charge in [0.15, 0.2) is 0 Å². The van der Waals surface area contributed by atoms with Crippen molar-refractivity contribution in [3.05, 3.63) is 29.3 Å². The monoisotopic (exact) mass is 261 g/mol. The second-order valence-corrected chi connectivity index (χ2v) is 4.36. The first kappa shape index (κ1) is 15.0. The predicted octanol–water partition coefficient (Wildman–Crippen LogP) is 1.14. The molecule has 0 aliphatic carbocycles. The van der Waals surface area contributed by atoms with Gasteiger partial charge in [0, 0.05) is 6.54 Å². The maximum absolute atomic E-state index is 11.1. The number of hydrogen-bond acceptors (Lipinski definition) is 4. The molecule has 0 heterocycles. The van der Waals surface area contributed by atoms with E-state index in [-0.39, 0.29) is 13.2 Å². The topological polar surface area (TPSA) is 90.3 Å². The van der Waals surface area contributed by atoms with Crippen LogP contribution in [0.3, 0.4) is 0 Å². The number of unbranched alkanes of at least 4 members (excludes halogenated alkanes) is 1. The van der Waals surface area contributed by atoms with Gasteiger partial charge in [-0.1, -0.05) is 19.4 Å². The lowest BCUT2D eigenvalue weighted by Crippen LogP contribution is -2.35. The van der Waals surface area contributed by atoms with Crippen LogP contribution in [0.1, 0.15) is 30.9 Å². The molecule has 1 amide bonds. The zero-order chi connectivity index (χ0) is 14.3. The number of rotatable bonds is 7. The molecule has 19 heavy (non-hydrogen) atoms. The third-order valence-electron chi connectivity index (χ3n) is 2.83. The first-order valence-corrected chi connectivity index (χ1v) is 6.29. The summed E-state index contributed by atoms with van der Waals surface area (Å²) in [4.78, 5) is 12.9. The lowest BCUT2D eigenvalue weighted by molar-refractivity contribution is -0.116. The minimum absolute atomic E-state index is 0.0904. The largest absolute Gasteiger partial charge is 0.392 e. The lowest BCUT2D eigenvalue weighted by atomic mass is 10.1. The fourth-order valence-electron chi connectivity index (χ4n) is 1.87. The summed E-state index contributed by atoms with van der Waals surface area (Å²) in [6.07, 6.45) is 1.91. The number of nitrogens with two attached hydrogens (primary N) is 1. The van der Waals surface area contributed by atoms with Gasteiger partial charge in [0.2, 0.25) is 5.91 Å². The molecular formula is C14H19N3O2. The quantitative estimate of drug-likeness (QED) is 0.770. The molecule has 0 radical (unpaired) electrons. The highest BCUT2D eigenvalue weighted by molar-refractivity contribution is 5.80. The van der Waals surface area contributed by atoms with Gasteiger partial charge in [0.05, 0.1) is 24.4 Å². The summed E-state index contributed by atoms with van der Waals surface area (Å²) in [5, 5.41) is 18.2. The minimum atomic E-state index is -0.425. The summed E-state index contributed by atoms with van der Waals surface area (Å²) < 4.78 is 0. The van der Waals surface area contributed by atoms with Gasteiger partial charge in [-0.05, 0) is 24.1 Å². The molecule has 5 heteroatoms. The second kappa shape index (κ2) is 7.39. The summed E-state index contributed by atoms with van der Waals surface area (Å²) >= 11 is 0. The Kier molecular flexibility index (Phi) is 5.83. The first-order chi connectivity index (χ1) is 9.12. The van der Waals surface area contributed by atoms with Crippen LogP contribution in [-0.4, -0.2) is 24.1 Å². The summed E-state index contributed by atoms with van der Waals surface area (Å²) in [5.74, 6) is -0.425. The van der Waals surface area contributed by atoms with Crippen LogP contribution in [0.15, 0.2) is 18.2 Å². The molecule has 0 aliphatic rings. The number of carbonyl (C=O) groups excluding carboxylic acids is 1. The van der Waals surface area contributed by atoms with Crippen LogP contribution in [0.5, 0.6) is 0 Å². The van der Waals surface area contributed by atoms with E-state index < -0.39 is 5.91 Å². The van der Waals surface area contributed by atoms with Crippen LogP contribution in [0.4, 0.5) is 5.69 Å². The van der Waals surface area contributed by atoms with Crippen LogP contribution < -0.4 is 10.6 Å². The fraction of sp³-hybridized carbons (Fsp3) is 0.429. The standard InChI is InChI=1S/C14H19N3O2/c1-2-3-6-17(9-14(16)19)13-5-4-11(10-18)7-12(13)8-15/h4-5,7,18H,2-3,6,9-10H2,1H3,(H2,16,19). The molecule has 0 spiro atoms. The molecule has 102 valence electrons. The van der Waals surface area contributed by atoms with E-state index in [1.165, 1.54) is 0 Å². The Bertz CT molecular complexity index is 480. The molecule has 0 saturated heterocycles. The highest BCUT2D eigenvalue weighted by Crippen LogP contribution is 2.22. The van der Waals surface area contributed by atoms with Crippen molar-refractivity contribution in [2.24, 2.45) is 5.73 Å². The average molecular weight is 261 g/mol. The highest BCUT2D eigenvalue weighted by Gasteiger charge is 2.13. The van der Waals surface area contributed by atoms with Gasteiger partial charge >= 0.3 is 0 Å². The molecule has 0 bridgehead atoms. The van der Waals surface area contributed by atoms with Crippen LogP contribution in [0.25, 0.3) is 0 Å². The van der Waals surface area contributed by atoms with Crippen LogP contribution in [-0.2, 0) is 11.4 Å². The van der Waals surface area contributed by atoms with Gasteiger partial charge < -0.3 is 15.7 Å². The number of aliphatic hydroxyl groups excluding tert-OH is 1. The van der Waals surface area contributed by atoms with Crippen molar-refractivity contribution in [3.8, 4) is 6.07 Å². The summed E-state index contributed by atoms with van der Waals surface area (Å²) in [6, 6.07) is 7.23. The van der Waals surface area contributed by atoms with Crippen molar-refractivity contribution in [2.75, 3.05) is 18.0 Å². The molecule has 0 saturated carbocycles. The number of primary amides is 1. The number of nitrogens with zero attached hydrogens (tertiary/aromatic N) is 2. The number of aliphatic hydroxyl groups is 1. The highest BCUT2D eigenvalue weighted by atomic mass is 16.3. The van der Waals surface area contributed by atoms with E-state index in [1.807, 2.05) is 4.90 Å². The Morgan fingerprint density at radius 3 is 2.79 bits per heavy atom. The summed E-state index contributed by atoms with van der Waals surface area (Å²) in [6.45, 7) is 2.71. The molecule has 0 atom stereocenters. The van der Waals surface area contributed by atoms with Crippen LogP contribution in [0.2, 0.25) is 0 Å². The third-order valence-corrected chi connectivity index (χ3v) is 2.83. The third kappa shape index (κ3) is 4.27. The maximum atomic E-state index is 11.1. The van der Waals surface area contributed by atoms with E-state index in [2.05, 4.69) is 13.0 Å². The van der Waals surface area contributed by atoms with Gasteiger partial charge in [-0.3, -0.25) is 4.79 Å². The molecule has 0 fully saturated rings. The normalized spacial score (nSPS) is 9.95. The molecule has 1 aromatic rings. The summed E-state index contributed by atoms with van der Waals surface area (Å²) in [7, 11) is 0. The second-order valence-electron chi connectivity index (χ2n) is 4.36. The molecule has 0 aliphatic heterocycles. The Morgan fingerprint density at radius 1 is 1.53 bits per heavy atom. The van der Waals surface area contributed by atoms with E-state index in [0.717, 1.165) is 12.8 Å². The van der Waals surface area contributed by atoms with Gasteiger partial charge in [-0.2, -0.15) is 5.26 Å². The van der Waals surface area contributed by atoms with Gasteiger partial charge in [0.25, 0.3) is 0 Å². The van der Waals surface area contributed by atoms with Crippen molar-refractivity contribution in [1.82, 2.24) is 0 Å². The zero-order valence-electron chi connectivity index (χ0n) is 11.1. The van der Waals surface area contributed by atoms with Crippen molar-refractivity contribution in [3.63, 3.8) is 0 Å². The van der Waals surface area contributed by atoms with E-state index in [1.54, 1.807) is 18.2 Å². The van der Waals surface area contributed by atoms with E-state index in [4.69, 9.17) is 10.8 Å². The minimum Gasteiger partial charge on any atom is -0.392 e. The molecule has 1 aromatic carbocycles. The Labute approximate surface area is 113 Å². The smallest absolute Gasteiger partial charge is 0.236 e. The van der Waals surface area contributed by atoms with E-state index in [9.17, 15) is 10.1 Å².